The van der Waals surface area contributed by atoms with Crippen molar-refractivity contribution in [3.05, 3.63) is 53.6 Å². The van der Waals surface area contributed by atoms with Crippen LogP contribution in [0.15, 0.2) is 36.5 Å². The molecular weight excluding hydrogens is 255 g/mol. The van der Waals surface area contributed by atoms with Gasteiger partial charge in [-0.25, -0.2) is 14.4 Å². The molecular formula is C15H17FN4. The summed E-state index contributed by atoms with van der Waals surface area (Å²) in [4.78, 5) is 11.0. The Morgan fingerprint density at radius 2 is 1.95 bits per heavy atom. The predicted octanol–water partition coefficient (Wildman–Crippen LogP) is 1.62. The van der Waals surface area contributed by atoms with Crippen LogP contribution in [0.5, 0.6) is 0 Å². The van der Waals surface area contributed by atoms with E-state index in [1.54, 1.807) is 18.3 Å². The van der Waals surface area contributed by atoms with Gasteiger partial charge in [-0.3, -0.25) is 0 Å². The van der Waals surface area contributed by atoms with Crippen LogP contribution >= 0.6 is 0 Å². The fraction of sp³-hybridized carbons (Fsp3) is 0.333. The normalized spacial score (nSPS) is 15.3. The van der Waals surface area contributed by atoms with Crippen molar-refractivity contribution in [1.29, 1.82) is 0 Å². The maximum atomic E-state index is 13.7. The van der Waals surface area contributed by atoms with Gasteiger partial charge in [-0.15, -0.1) is 0 Å². The van der Waals surface area contributed by atoms with E-state index < -0.39 is 0 Å². The summed E-state index contributed by atoms with van der Waals surface area (Å²) in [6.45, 7) is 3.70. The minimum absolute atomic E-state index is 0.185. The highest BCUT2D eigenvalue weighted by molar-refractivity contribution is 5.32. The Morgan fingerprint density at radius 1 is 1.15 bits per heavy atom. The molecule has 1 aliphatic rings. The van der Waals surface area contributed by atoms with Gasteiger partial charge in [-0.05, 0) is 17.7 Å². The summed E-state index contributed by atoms with van der Waals surface area (Å²) in [6.07, 6.45) is 2.24. The van der Waals surface area contributed by atoms with Crippen molar-refractivity contribution >= 4 is 5.95 Å². The first-order chi connectivity index (χ1) is 9.83. The van der Waals surface area contributed by atoms with Gasteiger partial charge in [-0.2, -0.15) is 0 Å². The number of piperazine rings is 1. The van der Waals surface area contributed by atoms with Gasteiger partial charge in [0.2, 0.25) is 5.95 Å². The maximum Gasteiger partial charge on any atom is 0.225 e. The third-order valence-electron chi connectivity index (χ3n) is 3.43. The molecule has 20 heavy (non-hydrogen) atoms. The van der Waals surface area contributed by atoms with Crippen LogP contribution in [-0.2, 0) is 6.42 Å². The SMILES string of the molecule is Fc1ccccc1Cc1ccnc(N2CCNCC2)n1. The number of halogens is 1. The van der Waals surface area contributed by atoms with Gasteiger partial charge < -0.3 is 10.2 Å². The second-order valence-corrected chi connectivity index (χ2v) is 4.85. The summed E-state index contributed by atoms with van der Waals surface area (Å²) in [5, 5.41) is 3.30. The molecule has 1 fully saturated rings. The second-order valence-electron chi connectivity index (χ2n) is 4.85. The summed E-state index contributed by atoms with van der Waals surface area (Å²) in [6, 6.07) is 8.66. The van der Waals surface area contributed by atoms with E-state index in [-0.39, 0.29) is 5.82 Å². The largest absolute Gasteiger partial charge is 0.338 e. The average molecular weight is 272 g/mol. The van der Waals surface area contributed by atoms with E-state index in [1.807, 2.05) is 12.1 Å². The molecule has 104 valence electrons. The number of nitrogens with one attached hydrogen (secondary N) is 1. The Kier molecular flexibility index (Phi) is 3.87. The molecule has 4 nitrogen and oxygen atoms in total. The Labute approximate surface area is 117 Å². The molecule has 0 spiro atoms. The van der Waals surface area contributed by atoms with Crippen molar-refractivity contribution in [1.82, 2.24) is 15.3 Å². The lowest BCUT2D eigenvalue weighted by molar-refractivity contribution is 0.578. The molecule has 0 saturated carbocycles. The Bertz CT molecular complexity index is 582. The van der Waals surface area contributed by atoms with Gasteiger partial charge >= 0.3 is 0 Å². The van der Waals surface area contributed by atoms with Gasteiger partial charge in [0.15, 0.2) is 0 Å². The molecule has 0 bridgehead atoms. The molecule has 3 rings (SSSR count). The van der Waals surface area contributed by atoms with Gasteiger partial charge in [0.25, 0.3) is 0 Å². The highest BCUT2D eigenvalue weighted by Gasteiger charge is 2.13. The zero-order valence-electron chi connectivity index (χ0n) is 11.2. The van der Waals surface area contributed by atoms with Crippen LogP contribution in [0.3, 0.4) is 0 Å². The van der Waals surface area contributed by atoms with Crippen molar-refractivity contribution in [3.8, 4) is 0 Å². The van der Waals surface area contributed by atoms with Crippen LogP contribution in [-0.4, -0.2) is 36.1 Å². The molecule has 1 aromatic carbocycles. The summed E-state index contributed by atoms with van der Waals surface area (Å²) in [5.74, 6) is 0.551. The highest BCUT2D eigenvalue weighted by atomic mass is 19.1. The Balaban J connectivity index is 1.79. The molecule has 1 N–H and O–H groups in total. The van der Waals surface area contributed by atoms with E-state index in [0.29, 0.717) is 12.0 Å². The quantitative estimate of drug-likeness (QED) is 0.922. The number of nitrogens with zero attached hydrogens (tertiary/aromatic N) is 3. The van der Waals surface area contributed by atoms with E-state index in [4.69, 9.17) is 0 Å². The van der Waals surface area contributed by atoms with Crippen molar-refractivity contribution < 1.29 is 4.39 Å². The third kappa shape index (κ3) is 2.93. The van der Waals surface area contributed by atoms with Crippen molar-refractivity contribution in [3.63, 3.8) is 0 Å². The number of hydrogen-bond donors (Lipinski definition) is 1. The average Bonchev–Trinajstić information content (AvgIpc) is 2.51. The lowest BCUT2D eigenvalue weighted by atomic mass is 10.1. The van der Waals surface area contributed by atoms with Gasteiger partial charge in [0, 0.05) is 38.8 Å². The van der Waals surface area contributed by atoms with Crippen LogP contribution in [0.2, 0.25) is 0 Å². The molecule has 2 aromatic rings. The molecule has 1 saturated heterocycles. The first kappa shape index (κ1) is 13.0. The molecule has 2 heterocycles. The predicted molar refractivity (Wildman–Crippen MR) is 76.3 cm³/mol. The van der Waals surface area contributed by atoms with E-state index in [0.717, 1.165) is 37.8 Å². The van der Waals surface area contributed by atoms with Crippen molar-refractivity contribution in [2.24, 2.45) is 0 Å². The Morgan fingerprint density at radius 3 is 2.75 bits per heavy atom. The van der Waals surface area contributed by atoms with E-state index in [2.05, 4.69) is 20.2 Å². The van der Waals surface area contributed by atoms with Crippen molar-refractivity contribution in [2.45, 2.75) is 6.42 Å². The van der Waals surface area contributed by atoms with Crippen LogP contribution < -0.4 is 10.2 Å². The zero-order chi connectivity index (χ0) is 13.8. The first-order valence-electron chi connectivity index (χ1n) is 6.84. The number of rotatable bonds is 3. The van der Waals surface area contributed by atoms with Gasteiger partial charge in [0.05, 0.1) is 5.69 Å². The minimum atomic E-state index is -0.185. The molecule has 1 aromatic heterocycles. The number of aromatic nitrogens is 2. The lowest BCUT2D eigenvalue weighted by Crippen LogP contribution is -2.44. The van der Waals surface area contributed by atoms with Crippen LogP contribution in [0.4, 0.5) is 10.3 Å². The van der Waals surface area contributed by atoms with Gasteiger partial charge in [0.1, 0.15) is 5.82 Å². The fourth-order valence-electron chi connectivity index (χ4n) is 2.34. The molecule has 5 heteroatoms. The second kappa shape index (κ2) is 5.96. The molecule has 0 aliphatic carbocycles. The van der Waals surface area contributed by atoms with E-state index in [9.17, 15) is 4.39 Å². The Hall–Kier alpha value is -2.01. The maximum absolute atomic E-state index is 13.7. The first-order valence-corrected chi connectivity index (χ1v) is 6.84. The van der Waals surface area contributed by atoms with Crippen LogP contribution in [0.25, 0.3) is 0 Å². The molecule has 0 unspecified atom stereocenters. The molecule has 0 radical (unpaired) electrons. The number of benzene rings is 1. The van der Waals surface area contributed by atoms with Crippen LogP contribution in [0, 0.1) is 5.82 Å². The van der Waals surface area contributed by atoms with E-state index in [1.165, 1.54) is 6.07 Å². The third-order valence-corrected chi connectivity index (χ3v) is 3.43. The van der Waals surface area contributed by atoms with Crippen LogP contribution in [0.1, 0.15) is 11.3 Å². The summed E-state index contributed by atoms with van der Waals surface area (Å²) in [5.41, 5.74) is 1.51. The fourth-order valence-corrected chi connectivity index (χ4v) is 2.34. The lowest BCUT2D eigenvalue weighted by Gasteiger charge is -2.27. The smallest absolute Gasteiger partial charge is 0.225 e. The minimum Gasteiger partial charge on any atom is -0.338 e. The van der Waals surface area contributed by atoms with Crippen molar-refractivity contribution in [2.75, 3.05) is 31.1 Å². The van der Waals surface area contributed by atoms with E-state index >= 15 is 0 Å². The molecule has 1 aliphatic heterocycles. The summed E-state index contributed by atoms with van der Waals surface area (Å²) < 4.78 is 13.7. The standard InChI is InChI=1S/C15H17FN4/c16-14-4-2-1-3-12(14)11-13-5-6-18-15(19-13)20-9-7-17-8-10-20/h1-6,17H,7-11H2. The topological polar surface area (TPSA) is 41.1 Å². The summed E-state index contributed by atoms with van der Waals surface area (Å²) >= 11 is 0. The zero-order valence-corrected chi connectivity index (χ0v) is 11.2. The number of anilines is 1. The molecule has 0 atom stereocenters. The molecule has 0 amide bonds. The number of hydrogen-bond acceptors (Lipinski definition) is 4. The van der Waals surface area contributed by atoms with Gasteiger partial charge in [-0.1, -0.05) is 18.2 Å². The monoisotopic (exact) mass is 272 g/mol. The highest BCUT2D eigenvalue weighted by Crippen LogP contribution is 2.14. The summed E-state index contributed by atoms with van der Waals surface area (Å²) in [7, 11) is 0.